The van der Waals surface area contributed by atoms with Gasteiger partial charge < -0.3 is 15.3 Å². The summed E-state index contributed by atoms with van der Waals surface area (Å²) in [6.07, 6.45) is -1.68. The molecule has 43 heavy (non-hydrogen) atoms. The first-order valence-corrected chi connectivity index (χ1v) is 16.7. The number of nitrogens with zero attached hydrogens (tertiary/aromatic N) is 2. The number of rotatable bonds is 10. The van der Waals surface area contributed by atoms with Crippen LogP contribution >= 0.6 is 0 Å². The van der Waals surface area contributed by atoms with Crippen LogP contribution in [0.4, 0.5) is 26.1 Å². The molecule has 1 unspecified atom stereocenters. The summed E-state index contributed by atoms with van der Waals surface area (Å²) in [6.45, 7) is 9.59. The molecule has 0 aliphatic carbocycles. The number of sulfonamides is 2. The van der Waals surface area contributed by atoms with Gasteiger partial charge in [0, 0.05) is 36.3 Å². The lowest BCUT2D eigenvalue weighted by atomic mass is 9.91. The average Bonchev–Trinajstić information content (AvgIpc) is 2.91. The molecule has 15 heteroatoms. The molecular weight excluding hydrogens is 604 g/mol. The third kappa shape index (κ3) is 8.71. The van der Waals surface area contributed by atoms with E-state index in [1.165, 1.54) is 43.3 Å². The molecule has 0 saturated carbocycles. The van der Waals surface area contributed by atoms with Gasteiger partial charge in [-0.05, 0) is 76.4 Å². The van der Waals surface area contributed by atoms with E-state index in [0.717, 1.165) is 0 Å². The van der Waals surface area contributed by atoms with E-state index in [0.29, 0.717) is 0 Å². The Labute approximate surface area is 251 Å². The number of carbonyl (C=O) groups is 1. The number of pyridine rings is 1. The number of hydrogen-bond donors (Lipinski definition) is 4. The van der Waals surface area contributed by atoms with Gasteiger partial charge in [-0.15, -0.1) is 0 Å². The number of halogens is 2. The Hall–Kier alpha value is -3.14. The fraction of sp³-hybridized carbons (Fsp3) is 0.500. The standard InChI is InChI=1S/C28H39F2N5O6S2/c1-18(28(5,6)17-36)42(38,39)33-23-11-10-22(25(32-23)35-14-12-19(13-15-35)24(29)30)26(37)31-20-8-7-9-21(16-20)43(40,41)34-27(2,3)4/h7-11,16,18,34,36H,12-15,17H2,1-6H3,(H,31,37)(H,32,33). The Balaban J connectivity index is 1.97. The highest BCUT2D eigenvalue weighted by Crippen LogP contribution is 2.31. The summed E-state index contributed by atoms with van der Waals surface area (Å²) < 4.78 is 83.1. The summed E-state index contributed by atoms with van der Waals surface area (Å²) in [5.41, 5.74) is -1.49. The van der Waals surface area contributed by atoms with Crippen molar-refractivity contribution in [1.29, 1.82) is 0 Å². The molecule has 0 spiro atoms. The second-order valence-electron chi connectivity index (χ2n) is 12.2. The van der Waals surface area contributed by atoms with E-state index >= 15 is 0 Å². The van der Waals surface area contributed by atoms with Crippen LogP contribution in [0.2, 0.25) is 0 Å². The zero-order chi connectivity index (χ0) is 32.4. The van der Waals surface area contributed by atoms with Gasteiger partial charge in [-0.1, -0.05) is 19.9 Å². The van der Waals surface area contributed by atoms with Crippen LogP contribution < -0.4 is 19.7 Å². The van der Waals surface area contributed by atoms with Crippen LogP contribution in [0.1, 0.15) is 64.7 Å². The molecule has 3 rings (SSSR count). The Morgan fingerprint density at radius 2 is 1.67 bits per heavy atom. The molecule has 1 fully saturated rings. The third-order valence-corrected chi connectivity index (χ3v) is 10.9. The maximum absolute atomic E-state index is 13.5. The van der Waals surface area contributed by atoms with Crippen molar-refractivity contribution in [2.24, 2.45) is 5.41 Å². The Morgan fingerprint density at radius 3 is 2.23 bits per heavy atom. The first kappa shape index (κ1) is 34.4. The Kier molecular flexibility index (Phi) is 10.3. The maximum Gasteiger partial charge on any atom is 0.269 e. The first-order chi connectivity index (χ1) is 19.8. The largest absolute Gasteiger partial charge is 0.396 e. The lowest BCUT2D eigenvalue weighted by Gasteiger charge is -2.31. The van der Waals surface area contributed by atoms with Gasteiger partial charge in [-0.25, -0.2) is 26.5 Å². The molecular formula is C28H39F2N5O6S2. The molecule has 1 aliphatic heterocycles. The van der Waals surface area contributed by atoms with Gasteiger partial charge in [0.1, 0.15) is 11.6 Å². The molecule has 2 aromatic rings. The van der Waals surface area contributed by atoms with Crippen molar-refractivity contribution >= 4 is 43.3 Å². The molecule has 11 nitrogen and oxygen atoms in total. The molecule has 1 aromatic carbocycles. The van der Waals surface area contributed by atoms with Crippen LogP contribution in [0.5, 0.6) is 0 Å². The molecule has 1 aromatic heterocycles. The van der Waals surface area contributed by atoms with E-state index in [9.17, 15) is 35.5 Å². The van der Waals surface area contributed by atoms with Gasteiger partial charge in [0.2, 0.25) is 20.0 Å². The highest BCUT2D eigenvalue weighted by Gasteiger charge is 2.36. The molecule has 2 heterocycles. The summed E-state index contributed by atoms with van der Waals surface area (Å²) in [5.74, 6) is -0.683. The zero-order valence-corrected chi connectivity index (χ0v) is 26.7. The van der Waals surface area contributed by atoms with E-state index in [1.54, 1.807) is 39.5 Å². The quantitative estimate of drug-likeness (QED) is 0.298. The number of carbonyl (C=O) groups excluding carboxylic acids is 1. The van der Waals surface area contributed by atoms with E-state index in [2.05, 4.69) is 19.7 Å². The number of hydrogen-bond acceptors (Lipinski definition) is 8. The van der Waals surface area contributed by atoms with Crippen molar-refractivity contribution in [3.8, 4) is 0 Å². The SMILES string of the molecule is CC(C(C)(C)CO)S(=O)(=O)Nc1ccc(C(=O)Nc2cccc(S(=O)(=O)NC(C)(C)C)c2)c(N2CCC(=C(F)F)CC2)n1. The number of amides is 1. The highest BCUT2D eigenvalue weighted by molar-refractivity contribution is 7.93. The summed E-state index contributed by atoms with van der Waals surface area (Å²) in [7, 11) is -7.91. The Morgan fingerprint density at radius 1 is 1.05 bits per heavy atom. The summed E-state index contributed by atoms with van der Waals surface area (Å²) >= 11 is 0. The molecule has 0 radical (unpaired) electrons. The maximum atomic E-state index is 13.5. The van der Waals surface area contributed by atoms with Crippen LogP contribution in [0.25, 0.3) is 0 Å². The van der Waals surface area contributed by atoms with Gasteiger partial charge in [0.25, 0.3) is 12.0 Å². The van der Waals surface area contributed by atoms with Crippen molar-refractivity contribution < 1.29 is 35.5 Å². The second kappa shape index (κ2) is 12.8. The number of nitrogens with one attached hydrogen (secondary N) is 3. The van der Waals surface area contributed by atoms with Gasteiger partial charge in [0.05, 0.1) is 15.7 Å². The van der Waals surface area contributed by atoms with E-state index in [1.807, 2.05) is 0 Å². The topological polar surface area (TPSA) is 158 Å². The first-order valence-electron chi connectivity index (χ1n) is 13.6. The fourth-order valence-corrected chi connectivity index (χ4v) is 7.25. The van der Waals surface area contributed by atoms with Crippen LogP contribution in [-0.2, 0) is 20.0 Å². The third-order valence-electron chi connectivity index (χ3n) is 7.12. The minimum atomic E-state index is -4.03. The van der Waals surface area contributed by atoms with Gasteiger partial charge in [-0.2, -0.15) is 8.78 Å². The van der Waals surface area contributed by atoms with E-state index < -0.39 is 48.2 Å². The van der Waals surface area contributed by atoms with Crippen molar-refractivity contribution in [3.63, 3.8) is 0 Å². The smallest absolute Gasteiger partial charge is 0.269 e. The number of benzene rings is 1. The van der Waals surface area contributed by atoms with Gasteiger partial charge >= 0.3 is 0 Å². The van der Waals surface area contributed by atoms with Crippen molar-refractivity contribution in [3.05, 3.63) is 53.6 Å². The predicted octanol–water partition coefficient (Wildman–Crippen LogP) is 4.31. The Bertz CT molecular complexity index is 1590. The van der Waals surface area contributed by atoms with Crippen LogP contribution in [0, 0.1) is 5.41 Å². The minimum absolute atomic E-state index is 0.000981. The van der Waals surface area contributed by atoms with Crippen molar-refractivity contribution in [1.82, 2.24) is 9.71 Å². The highest BCUT2D eigenvalue weighted by atomic mass is 32.2. The van der Waals surface area contributed by atoms with Gasteiger partial charge in [0.15, 0.2) is 0 Å². The molecule has 0 bridgehead atoms. The summed E-state index contributed by atoms with van der Waals surface area (Å²) in [4.78, 5) is 19.4. The van der Waals surface area contributed by atoms with Crippen LogP contribution in [0.15, 0.2) is 52.9 Å². The van der Waals surface area contributed by atoms with E-state index in [4.69, 9.17) is 0 Å². The number of aromatic nitrogens is 1. The molecule has 1 saturated heterocycles. The monoisotopic (exact) mass is 643 g/mol. The molecule has 4 N–H and O–H groups in total. The predicted molar refractivity (Wildman–Crippen MR) is 162 cm³/mol. The van der Waals surface area contributed by atoms with E-state index in [-0.39, 0.29) is 65.9 Å². The zero-order valence-electron chi connectivity index (χ0n) is 25.0. The second-order valence-corrected chi connectivity index (χ2v) is 15.9. The lowest BCUT2D eigenvalue weighted by Crippen LogP contribution is -2.40. The van der Waals surface area contributed by atoms with Crippen LogP contribution in [-0.4, -0.2) is 63.3 Å². The molecule has 1 amide bonds. The van der Waals surface area contributed by atoms with Crippen molar-refractivity contribution in [2.45, 2.75) is 70.1 Å². The number of aliphatic hydroxyl groups excluding tert-OH is 1. The summed E-state index contributed by atoms with van der Waals surface area (Å²) in [6, 6.07) is 8.34. The lowest BCUT2D eigenvalue weighted by molar-refractivity contribution is 0.102. The fourth-order valence-electron chi connectivity index (χ4n) is 4.29. The molecule has 1 atom stereocenters. The average molecular weight is 644 g/mol. The van der Waals surface area contributed by atoms with Gasteiger partial charge in [-0.3, -0.25) is 9.52 Å². The summed E-state index contributed by atoms with van der Waals surface area (Å²) in [5, 5.41) is 11.3. The van der Waals surface area contributed by atoms with Crippen LogP contribution in [0.3, 0.4) is 0 Å². The molecule has 238 valence electrons. The molecule has 1 aliphatic rings. The number of aliphatic hydroxyl groups is 1. The minimum Gasteiger partial charge on any atom is -0.396 e. The number of piperidine rings is 1. The number of anilines is 3. The normalized spacial score (nSPS) is 15.7. The van der Waals surface area contributed by atoms with Crippen molar-refractivity contribution in [2.75, 3.05) is 34.6 Å².